The summed E-state index contributed by atoms with van der Waals surface area (Å²) in [5.41, 5.74) is 1.35. The van der Waals surface area contributed by atoms with E-state index in [9.17, 15) is 18.3 Å². The minimum absolute atomic E-state index is 0.0692. The molecule has 144 valence electrons. The smallest absolute Gasteiger partial charge is 0.244 e. The number of carbonyl (C=O) groups is 1. The van der Waals surface area contributed by atoms with E-state index in [1.54, 1.807) is 25.3 Å². The van der Waals surface area contributed by atoms with Gasteiger partial charge >= 0.3 is 0 Å². The Morgan fingerprint density at radius 2 is 1.81 bits per heavy atom. The highest BCUT2D eigenvalue weighted by Crippen LogP contribution is 2.25. The van der Waals surface area contributed by atoms with Crippen molar-refractivity contribution < 1.29 is 27.8 Å². The average Bonchev–Trinajstić information content (AvgIpc) is 2.66. The number of nitrogens with one attached hydrogen (secondary N) is 1. The molecule has 0 amide bonds. The number of methoxy groups -OCH3 is 2. The molecule has 0 saturated heterocycles. The second-order valence-electron chi connectivity index (χ2n) is 5.56. The topological polar surface area (TPSA) is 105 Å². The van der Waals surface area contributed by atoms with Gasteiger partial charge in [-0.2, -0.15) is 0 Å². The third-order valence-corrected chi connectivity index (χ3v) is 5.24. The SMILES string of the molecule is COc1ccc(CCNS(=O)(=O)c2cc(/C=C/C(=O)[O-])ccc2OC)cc1. The Balaban J connectivity index is 2.13. The first-order valence-electron chi connectivity index (χ1n) is 8.05. The predicted molar refractivity (Wildman–Crippen MR) is 98.9 cm³/mol. The summed E-state index contributed by atoms with van der Waals surface area (Å²) in [7, 11) is -0.904. The van der Waals surface area contributed by atoms with E-state index in [-0.39, 0.29) is 17.2 Å². The summed E-state index contributed by atoms with van der Waals surface area (Å²) in [4.78, 5) is 10.5. The lowest BCUT2D eigenvalue weighted by atomic mass is 10.1. The lowest BCUT2D eigenvalue weighted by Gasteiger charge is -2.12. The third kappa shape index (κ3) is 5.83. The summed E-state index contributed by atoms with van der Waals surface area (Å²) in [6.45, 7) is 0.191. The summed E-state index contributed by atoms with van der Waals surface area (Å²) < 4.78 is 38.0. The molecule has 0 unspecified atom stereocenters. The Labute approximate surface area is 158 Å². The molecule has 8 heteroatoms. The van der Waals surface area contributed by atoms with Gasteiger partial charge in [-0.1, -0.05) is 24.3 Å². The zero-order valence-corrected chi connectivity index (χ0v) is 15.8. The largest absolute Gasteiger partial charge is 0.545 e. The van der Waals surface area contributed by atoms with Crippen molar-refractivity contribution in [2.45, 2.75) is 11.3 Å². The van der Waals surface area contributed by atoms with Crippen molar-refractivity contribution in [3.8, 4) is 11.5 Å². The Kier molecular flexibility index (Phi) is 6.98. The molecule has 0 radical (unpaired) electrons. The number of hydrogen-bond donors (Lipinski definition) is 1. The lowest BCUT2D eigenvalue weighted by Crippen LogP contribution is -2.26. The standard InChI is InChI=1S/C19H21NO6S/c1-25-16-7-3-14(4-8-16)11-12-20-27(23,24)18-13-15(6-10-19(21)22)5-9-17(18)26-2/h3-10,13,20H,11-12H2,1-2H3,(H,21,22)/p-1/b10-6+. The second kappa shape index (κ2) is 9.20. The average molecular weight is 390 g/mol. The lowest BCUT2D eigenvalue weighted by molar-refractivity contribution is -0.297. The first kappa shape index (κ1) is 20.5. The highest BCUT2D eigenvalue weighted by molar-refractivity contribution is 7.89. The van der Waals surface area contributed by atoms with E-state index in [0.717, 1.165) is 17.4 Å². The second-order valence-corrected chi connectivity index (χ2v) is 7.29. The maximum atomic E-state index is 12.6. The molecule has 2 aromatic rings. The molecule has 0 aliphatic heterocycles. The summed E-state index contributed by atoms with van der Waals surface area (Å²) in [5.74, 6) is -0.476. The van der Waals surface area contributed by atoms with Gasteiger partial charge in [0, 0.05) is 6.54 Å². The maximum Gasteiger partial charge on any atom is 0.244 e. The van der Waals surface area contributed by atoms with Crippen LogP contribution in [0.5, 0.6) is 11.5 Å². The fourth-order valence-electron chi connectivity index (χ4n) is 2.37. The molecule has 0 aliphatic carbocycles. The van der Waals surface area contributed by atoms with Gasteiger partial charge < -0.3 is 19.4 Å². The van der Waals surface area contributed by atoms with Crippen molar-refractivity contribution in [1.82, 2.24) is 4.72 Å². The molecule has 0 fully saturated rings. The molecular weight excluding hydrogens is 370 g/mol. The van der Waals surface area contributed by atoms with Crippen LogP contribution in [0, 0.1) is 0 Å². The van der Waals surface area contributed by atoms with Crippen molar-refractivity contribution >= 4 is 22.1 Å². The zero-order valence-electron chi connectivity index (χ0n) is 15.0. The Hall–Kier alpha value is -2.84. The van der Waals surface area contributed by atoms with Gasteiger partial charge in [-0.05, 0) is 47.9 Å². The fraction of sp³-hybridized carbons (Fsp3) is 0.211. The van der Waals surface area contributed by atoms with Gasteiger partial charge in [-0.3, -0.25) is 0 Å². The summed E-state index contributed by atoms with van der Waals surface area (Å²) >= 11 is 0. The Bertz CT molecular complexity index is 920. The van der Waals surface area contributed by atoms with Crippen molar-refractivity contribution in [1.29, 1.82) is 0 Å². The van der Waals surface area contributed by atoms with E-state index >= 15 is 0 Å². The molecule has 2 aromatic carbocycles. The van der Waals surface area contributed by atoms with E-state index in [1.807, 2.05) is 12.1 Å². The van der Waals surface area contributed by atoms with Crippen molar-refractivity contribution in [2.75, 3.05) is 20.8 Å². The molecule has 0 heterocycles. The van der Waals surface area contributed by atoms with Crippen LogP contribution in [0.2, 0.25) is 0 Å². The number of rotatable bonds is 9. The molecule has 7 nitrogen and oxygen atoms in total. The molecule has 27 heavy (non-hydrogen) atoms. The van der Waals surface area contributed by atoms with Crippen molar-refractivity contribution in [3.63, 3.8) is 0 Å². The van der Waals surface area contributed by atoms with Gasteiger partial charge in [-0.15, -0.1) is 0 Å². The summed E-state index contributed by atoms with van der Waals surface area (Å²) in [6, 6.07) is 11.7. The number of benzene rings is 2. The van der Waals surface area contributed by atoms with Gasteiger partial charge in [0.15, 0.2) is 0 Å². The number of carbonyl (C=O) groups excluding carboxylic acids is 1. The number of carboxylic acids is 1. The van der Waals surface area contributed by atoms with Crippen LogP contribution in [0.4, 0.5) is 0 Å². The third-order valence-electron chi connectivity index (χ3n) is 3.75. The number of aliphatic carboxylic acids is 1. The minimum atomic E-state index is -3.84. The van der Waals surface area contributed by atoms with Crippen LogP contribution < -0.4 is 19.3 Å². The highest BCUT2D eigenvalue weighted by atomic mass is 32.2. The van der Waals surface area contributed by atoms with Gasteiger partial charge in [0.05, 0.1) is 20.2 Å². The van der Waals surface area contributed by atoms with Crippen LogP contribution in [0.3, 0.4) is 0 Å². The van der Waals surface area contributed by atoms with E-state index in [4.69, 9.17) is 9.47 Å². The Morgan fingerprint density at radius 3 is 2.41 bits per heavy atom. The van der Waals surface area contributed by atoms with Gasteiger partial charge in [0.25, 0.3) is 0 Å². The van der Waals surface area contributed by atoms with Crippen LogP contribution >= 0.6 is 0 Å². The van der Waals surface area contributed by atoms with Crippen LogP contribution in [0.25, 0.3) is 6.08 Å². The van der Waals surface area contributed by atoms with Gasteiger partial charge in [0.2, 0.25) is 10.0 Å². The summed E-state index contributed by atoms with van der Waals surface area (Å²) in [6.07, 6.45) is 2.58. The number of sulfonamides is 1. The molecule has 0 aliphatic rings. The molecule has 2 rings (SSSR count). The molecule has 0 bridgehead atoms. The van der Waals surface area contributed by atoms with Crippen molar-refractivity contribution in [3.05, 3.63) is 59.7 Å². The van der Waals surface area contributed by atoms with Crippen molar-refractivity contribution in [2.24, 2.45) is 0 Å². The van der Waals surface area contributed by atoms with E-state index in [1.165, 1.54) is 25.3 Å². The van der Waals surface area contributed by atoms with E-state index in [2.05, 4.69) is 4.72 Å². The first-order valence-corrected chi connectivity index (χ1v) is 9.53. The number of carboxylic acid groups (broad SMARTS) is 1. The monoisotopic (exact) mass is 390 g/mol. The predicted octanol–water partition coefficient (Wildman–Crippen LogP) is 0.988. The molecule has 1 N–H and O–H groups in total. The fourth-order valence-corrected chi connectivity index (χ4v) is 3.60. The van der Waals surface area contributed by atoms with Gasteiger partial charge in [-0.25, -0.2) is 13.1 Å². The first-order chi connectivity index (χ1) is 12.9. The molecule has 0 spiro atoms. The van der Waals surface area contributed by atoms with E-state index in [0.29, 0.717) is 12.0 Å². The Morgan fingerprint density at radius 1 is 1.11 bits per heavy atom. The zero-order chi connectivity index (χ0) is 19.9. The quantitative estimate of drug-likeness (QED) is 0.640. The van der Waals surface area contributed by atoms with Crippen LogP contribution in [0.1, 0.15) is 11.1 Å². The van der Waals surface area contributed by atoms with Gasteiger partial charge in [0.1, 0.15) is 16.4 Å². The molecule has 0 atom stereocenters. The number of ether oxygens (including phenoxy) is 2. The minimum Gasteiger partial charge on any atom is -0.545 e. The van der Waals surface area contributed by atoms with Crippen LogP contribution in [-0.2, 0) is 21.2 Å². The molecule has 0 saturated carbocycles. The molecule has 0 aromatic heterocycles. The maximum absolute atomic E-state index is 12.6. The van der Waals surface area contributed by atoms with E-state index < -0.39 is 16.0 Å². The normalized spacial score (nSPS) is 11.5. The van der Waals surface area contributed by atoms with Crippen LogP contribution in [0.15, 0.2) is 53.4 Å². The highest BCUT2D eigenvalue weighted by Gasteiger charge is 2.19. The summed E-state index contributed by atoms with van der Waals surface area (Å²) in [5, 5.41) is 10.5. The van der Waals surface area contributed by atoms with Crippen LogP contribution in [-0.4, -0.2) is 35.2 Å². The molecular formula is C19H20NO6S-. The number of hydrogen-bond acceptors (Lipinski definition) is 6.